The Morgan fingerprint density at radius 2 is 2.00 bits per heavy atom. The number of benzene rings is 1. The van der Waals surface area contributed by atoms with Crippen molar-refractivity contribution in [1.29, 1.82) is 5.26 Å². The maximum absolute atomic E-state index is 9.21. The van der Waals surface area contributed by atoms with Crippen LogP contribution < -0.4 is 5.73 Å². The fraction of sp³-hybridized carbons (Fsp3) is 0.308. The minimum absolute atomic E-state index is 0.0672. The standard InChI is InChI=1S/C13H13ClN2S/c1-13(2,3)9-4-7(14)5-10-11(9)8(6-15)12(16)17-10/h4-5H,16H2,1-3H3. The first-order valence-corrected chi connectivity index (χ1v) is 6.46. The van der Waals surface area contributed by atoms with Gasteiger partial charge in [-0.3, -0.25) is 0 Å². The van der Waals surface area contributed by atoms with Gasteiger partial charge < -0.3 is 5.73 Å². The molecule has 1 aromatic heterocycles. The molecule has 1 heterocycles. The Labute approximate surface area is 110 Å². The normalized spacial score (nSPS) is 11.7. The van der Waals surface area contributed by atoms with Crippen molar-refractivity contribution >= 4 is 38.0 Å². The molecule has 0 saturated heterocycles. The number of thiophene rings is 1. The first kappa shape index (κ1) is 12.2. The van der Waals surface area contributed by atoms with Gasteiger partial charge in [0, 0.05) is 15.1 Å². The average molecular weight is 265 g/mol. The lowest BCUT2D eigenvalue weighted by Crippen LogP contribution is -2.11. The number of rotatable bonds is 0. The molecule has 0 spiro atoms. The number of nitriles is 1. The van der Waals surface area contributed by atoms with Gasteiger partial charge in [-0.25, -0.2) is 0 Å². The average Bonchev–Trinajstić information content (AvgIpc) is 2.50. The van der Waals surface area contributed by atoms with E-state index in [1.54, 1.807) is 0 Å². The third-order valence-electron chi connectivity index (χ3n) is 2.70. The highest BCUT2D eigenvalue weighted by molar-refractivity contribution is 7.23. The third-order valence-corrected chi connectivity index (χ3v) is 3.89. The first-order valence-electron chi connectivity index (χ1n) is 5.26. The van der Waals surface area contributed by atoms with Gasteiger partial charge in [0.25, 0.3) is 0 Å². The summed E-state index contributed by atoms with van der Waals surface area (Å²) in [6.07, 6.45) is 0. The second kappa shape index (κ2) is 3.90. The van der Waals surface area contributed by atoms with Crippen molar-refractivity contribution in [2.24, 2.45) is 0 Å². The van der Waals surface area contributed by atoms with Crippen molar-refractivity contribution < 1.29 is 0 Å². The Bertz CT molecular complexity index is 629. The van der Waals surface area contributed by atoms with Crippen molar-refractivity contribution in [3.8, 4) is 6.07 Å². The highest BCUT2D eigenvalue weighted by Gasteiger charge is 2.22. The van der Waals surface area contributed by atoms with Crippen LogP contribution in [-0.4, -0.2) is 0 Å². The molecule has 0 aliphatic heterocycles. The minimum Gasteiger partial charge on any atom is -0.389 e. The Morgan fingerprint density at radius 3 is 2.53 bits per heavy atom. The van der Waals surface area contributed by atoms with Crippen molar-refractivity contribution in [2.45, 2.75) is 26.2 Å². The summed E-state index contributed by atoms with van der Waals surface area (Å²) in [6.45, 7) is 6.31. The number of nitrogen functional groups attached to an aromatic ring is 1. The highest BCUT2D eigenvalue weighted by Crippen LogP contribution is 2.41. The minimum atomic E-state index is -0.0672. The summed E-state index contributed by atoms with van der Waals surface area (Å²) in [5, 5.41) is 11.4. The van der Waals surface area contributed by atoms with Crippen LogP contribution in [0.5, 0.6) is 0 Å². The van der Waals surface area contributed by atoms with Crippen LogP contribution in [0.4, 0.5) is 5.00 Å². The number of hydrogen-bond acceptors (Lipinski definition) is 3. The molecule has 17 heavy (non-hydrogen) atoms. The lowest BCUT2D eigenvalue weighted by atomic mass is 9.84. The zero-order valence-corrected chi connectivity index (χ0v) is 11.5. The smallest absolute Gasteiger partial charge is 0.105 e. The number of halogens is 1. The van der Waals surface area contributed by atoms with Crippen LogP contribution in [0.25, 0.3) is 10.1 Å². The maximum Gasteiger partial charge on any atom is 0.105 e. The molecule has 2 aromatic rings. The quantitative estimate of drug-likeness (QED) is 0.771. The number of fused-ring (bicyclic) bond motifs is 1. The van der Waals surface area contributed by atoms with Gasteiger partial charge in [0.1, 0.15) is 11.1 Å². The van der Waals surface area contributed by atoms with Gasteiger partial charge in [-0.1, -0.05) is 32.4 Å². The van der Waals surface area contributed by atoms with Gasteiger partial charge in [0.2, 0.25) is 0 Å². The van der Waals surface area contributed by atoms with Gasteiger partial charge in [0.05, 0.1) is 5.56 Å². The molecule has 0 radical (unpaired) electrons. The van der Waals surface area contributed by atoms with Crippen LogP contribution in [0.2, 0.25) is 5.02 Å². The van der Waals surface area contributed by atoms with Crippen LogP contribution in [0.15, 0.2) is 12.1 Å². The molecular formula is C13H13ClN2S. The third kappa shape index (κ3) is 1.99. The summed E-state index contributed by atoms with van der Waals surface area (Å²) in [7, 11) is 0. The van der Waals surface area contributed by atoms with E-state index in [1.807, 2.05) is 12.1 Å². The zero-order chi connectivity index (χ0) is 12.8. The van der Waals surface area contributed by atoms with E-state index < -0.39 is 0 Å². The van der Waals surface area contributed by atoms with Gasteiger partial charge >= 0.3 is 0 Å². The predicted molar refractivity (Wildman–Crippen MR) is 74.7 cm³/mol. The molecule has 88 valence electrons. The van der Waals surface area contributed by atoms with Crippen LogP contribution >= 0.6 is 22.9 Å². The molecule has 0 saturated carbocycles. The van der Waals surface area contributed by atoms with E-state index >= 15 is 0 Å². The summed E-state index contributed by atoms with van der Waals surface area (Å²) >= 11 is 7.54. The Balaban J connectivity index is 2.96. The molecule has 0 aliphatic carbocycles. The molecule has 1 aromatic carbocycles. The number of anilines is 1. The lowest BCUT2D eigenvalue weighted by molar-refractivity contribution is 0.596. The van der Waals surface area contributed by atoms with E-state index in [4.69, 9.17) is 17.3 Å². The summed E-state index contributed by atoms with van der Waals surface area (Å²) in [5.74, 6) is 0. The molecule has 2 N–H and O–H groups in total. The summed E-state index contributed by atoms with van der Waals surface area (Å²) in [4.78, 5) is 0. The largest absolute Gasteiger partial charge is 0.389 e. The van der Waals surface area contributed by atoms with E-state index in [9.17, 15) is 5.26 Å². The predicted octanol–water partition coefficient (Wildman–Crippen LogP) is 4.31. The van der Waals surface area contributed by atoms with Gasteiger partial charge in [-0.2, -0.15) is 5.26 Å². The lowest BCUT2D eigenvalue weighted by Gasteiger charge is -2.20. The van der Waals surface area contributed by atoms with Crippen LogP contribution in [-0.2, 0) is 5.41 Å². The number of hydrogen-bond donors (Lipinski definition) is 1. The Morgan fingerprint density at radius 1 is 1.35 bits per heavy atom. The summed E-state index contributed by atoms with van der Waals surface area (Å²) in [6, 6.07) is 5.99. The van der Waals surface area contributed by atoms with Crippen molar-refractivity contribution in [1.82, 2.24) is 0 Å². The molecule has 2 rings (SSSR count). The molecule has 0 atom stereocenters. The first-order chi connectivity index (χ1) is 7.84. The van der Waals surface area contributed by atoms with Crippen LogP contribution in [0.1, 0.15) is 31.9 Å². The van der Waals surface area contributed by atoms with Crippen molar-refractivity contribution in [3.05, 3.63) is 28.3 Å². The van der Waals surface area contributed by atoms with E-state index in [-0.39, 0.29) is 5.41 Å². The molecule has 2 nitrogen and oxygen atoms in total. The van der Waals surface area contributed by atoms with E-state index in [0.29, 0.717) is 15.6 Å². The van der Waals surface area contributed by atoms with Crippen LogP contribution in [0.3, 0.4) is 0 Å². The van der Waals surface area contributed by atoms with Crippen molar-refractivity contribution in [3.63, 3.8) is 0 Å². The van der Waals surface area contributed by atoms with Crippen LogP contribution in [0, 0.1) is 11.3 Å². The second-order valence-corrected chi connectivity index (χ2v) is 6.55. The Kier molecular flexibility index (Phi) is 2.81. The van der Waals surface area contributed by atoms with Gasteiger partial charge in [0.15, 0.2) is 0 Å². The second-order valence-electron chi connectivity index (χ2n) is 5.03. The van der Waals surface area contributed by atoms with Gasteiger partial charge in [-0.15, -0.1) is 11.3 Å². The molecule has 0 aliphatic rings. The summed E-state index contributed by atoms with van der Waals surface area (Å²) < 4.78 is 0.983. The monoisotopic (exact) mass is 264 g/mol. The highest BCUT2D eigenvalue weighted by atomic mass is 35.5. The fourth-order valence-corrected chi connectivity index (χ4v) is 3.18. The maximum atomic E-state index is 9.21. The topological polar surface area (TPSA) is 49.8 Å². The molecule has 0 unspecified atom stereocenters. The summed E-state index contributed by atoms with van der Waals surface area (Å²) in [5.41, 5.74) is 7.46. The Hall–Kier alpha value is -1.24. The molecule has 0 fully saturated rings. The molecule has 0 bridgehead atoms. The molecular weight excluding hydrogens is 252 g/mol. The number of nitrogens with two attached hydrogens (primary N) is 1. The van der Waals surface area contributed by atoms with E-state index in [2.05, 4.69) is 26.8 Å². The molecule has 0 amide bonds. The van der Waals surface area contributed by atoms with E-state index in [0.717, 1.165) is 15.6 Å². The zero-order valence-electron chi connectivity index (χ0n) is 9.97. The van der Waals surface area contributed by atoms with E-state index in [1.165, 1.54) is 11.3 Å². The fourth-order valence-electron chi connectivity index (χ4n) is 1.92. The molecule has 4 heteroatoms. The number of nitrogens with zero attached hydrogens (tertiary/aromatic N) is 1. The van der Waals surface area contributed by atoms with Crippen molar-refractivity contribution in [2.75, 3.05) is 5.73 Å². The SMILES string of the molecule is CC(C)(C)c1cc(Cl)cc2sc(N)c(C#N)c12. The van der Waals surface area contributed by atoms with Gasteiger partial charge in [-0.05, 0) is 23.1 Å².